The van der Waals surface area contributed by atoms with E-state index in [9.17, 15) is 0 Å². The van der Waals surface area contributed by atoms with Crippen molar-refractivity contribution in [2.45, 2.75) is 51.4 Å². The maximum Gasteiger partial charge on any atom is -0.0152 e. The van der Waals surface area contributed by atoms with Gasteiger partial charge in [-0.05, 0) is 29.2 Å². The van der Waals surface area contributed by atoms with Gasteiger partial charge < -0.3 is 0 Å². The number of fused-ring (bicyclic) bond motifs is 1. The minimum atomic E-state index is 1.09. The summed E-state index contributed by atoms with van der Waals surface area (Å²) in [6.07, 6.45) is 10.4. The first-order chi connectivity index (χ1) is 9.42. The Morgan fingerprint density at radius 1 is 0.684 bits per heavy atom. The molecule has 2 aromatic carbocycles. The molecule has 101 valence electrons. The highest BCUT2D eigenvalue weighted by atomic mass is 14.0. The van der Waals surface area contributed by atoms with Crippen LogP contribution in [0.3, 0.4) is 0 Å². The molecule has 0 heterocycles. The molecule has 0 heteroatoms. The van der Waals surface area contributed by atoms with Crippen LogP contribution in [0.25, 0.3) is 10.8 Å². The van der Waals surface area contributed by atoms with E-state index >= 15 is 0 Å². The third-order valence-corrected chi connectivity index (χ3v) is 3.83. The van der Waals surface area contributed by atoms with Gasteiger partial charge in [0.05, 0.1) is 0 Å². The van der Waals surface area contributed by atoms with E-state index in [1.54, 1.807) is 0 Å². The highest BCUT2D eigenvalue weighted by Gasteiger charge is 1.99. The smallest absolute Gasteiger partial charge is 0.0152 e. The largest absolute Gasteiger partial charge is 0.0616 e. The van der Waals surface area contributed by atoms with E-state index in [0.717, 1.165) is 6.42 Å². The second-order valence-electron chi connectivity index (χ2n) is 5.36. The van der Waals surface area contributed by atoms with Crippen molar-refractivity contribution >= 4 is 10.8 Å². The third kappa shape index (κ3) is 4.38. The molecule has 0 aliphatic heterocycles. The van der Waals surface area contributed by atoms with Gasteiger partial charge in [0, 0.05) is 0 Å². The summed E-state index contributed by atoms with van der Waals surface area (Å²) in [5.74, 6) is 0. The zero-order chi connectivity index (χ0) is 13.3. The molecule has 0 aromatic heterocycles. The summed E-state index contributed by atoms with van der Waals surface area (Å²) in [6.45, 7) is 3.89. The maximum absolute atomic E-state index is 3.89. The molecule has 1 radical (unpaired) electrons. The van der Waals surface area contributed by atoms with Crippen LogP contribution >= 0.6 is 0 Å². The summed E-state index contributed by atoms with van der Waals surface area (Å²) >= 11 is 0. The first-order valence-electron chi connectivity index (χ1n) is 7.67. The summed E-state index contributed by atoms with van der Waals surface area (Å²) in [5.41, 5.74) is 1.51. The Balaban J connectivity index is 1.78. The molecule has 0 N–H and O–H groups in total. The molecule has 0 aliphatic carbocycles. The molecule has 0 atom stereocenters. The topological polar surface area (TPSA) is 0 Å². The average molecular weight is 253 g/mol. The summed E-state index contributed by atoms with van der Waals surface area (Å²) < 4.78 is 0. The number of benzene rings is 2. The Hall–Kier alpha value is -1.30. The van der Waals surface area contributed by atoms with Crippen LogP contribution in [0.4, 0.5) is 0 Å². The van der Waals surface area contributed by atoms with Crippen molar-refractivity contribution in [1.82, 2.24) is 0 Å². The minimum absolute atomic E-state index is 1.09. The summed E-state index contributed by atoms with van der Waals surface area (Å²) in [4.78, 5) is 0. The van der Waals surface area contributed by atoms with Gasteiger partial charge in [-0.3, -0.25) is 0 Å². The Kier molecular flexibility index (Phi) is 5.94. The number of hydrogen-bond donors (Lipinski definition) is 0. The molecule has 2 rings (SSSR count). The fraction of sp³-hybridized carbons (Fsp3) is 0.421. The van der Waals surface area contributed by atoms with Gasteiger partial charge in [0.2, 0.25) is 0 Å². The van der Waals surface area contributed by atoms with Crippen molar-refractivity contribution in [3.05, 3.63) is 55.0 Å². The summed E-state index contributed by atoms with van der Waals surface area (Å²) in [5, 5.41) is 2.80. The molecular formula is C19H25. The Labute approximate surface area is 117 Å². The number of unbranched alkanes of at least 4 members (excludes halogenated alkanes) is 6. The molecule has 2 aromatic rings. The molecule has 19 heavy (non-hydrogen) atoms. The molecule has 0 fully saturated rings. The first kappa shape index (κ1) is 14.1. The van der Waals surface area contributed by atoms with Crippen molar-refractivity contribution in [3.8, 4) is 0 Å². The molecule has 0 spiro atoms. The molecule has 0 nitrogen and oxygen atoms in total. The van der Waals surface area contributed by atoms with E-state index in [4.69, 9.17) is 0 Å². The molecule has 0 saturated heterocycles. The van der Waals surface area contributed by atoms with Crippen molar-refractivity contribution < 1.29 is 0 Å². The van der Waals surface area contributed by atoms with Gasteiger partial charge in [-0.2, -0.15) is 0 Å². The lowest BCUT2D eigenvalue weighted by molar-refractivity contribution is 0.597. The summed E-state index contributed by atoms with van der Waals surface area (Å²) in [7, 11) is 0. The number of rotatable bonds is 8. The molecule has 0 bridgehead atoms. The van der Waals surface area contributed by atoms with E-state index in [2.05, 4.69) is 49.4 Å². The second kappa shape index (κ2) is 7.99. The van der Waals surface area contributed by atoms with Gasteiger partial charge in [-0.15, -0.1) is 0 Å². The highest BCUT2D eigenvalue weighted by Crippen LogP contribution is 2.20. The Bertz CT molecular complexity index is 479. The van der Waals surface area contributed by atoms with Crippen LogP contribution in [0.15, 0.2) is 42.5 Å². The van der Waals surface area contributed by atoms with Crippen molar-refractivity contribution in [2.75, 3.05) is 0 Å². The maximum atomic E-state index is 3.89. The van der Waals surface area contributed by atoms with E-state index < -0.39 is 0 Å². The average Bonchev–Trinajstić information content (AvgIpc) is 2.46. The third-order valence-electron chi connectivity index (χ3n) is 3.83. The minimum Gasteiger partial charge on any atom is -0.0616 e. The van der Waals surface area contributed by atoms with Crippen LogP contribution in [0, 0.1) is 6.92 Å². The molecule has 0 saturated carbocycles. The van der Waals surface area contributed by atoms with Crippen LogP contribution in [0.5, 0.6) is 0 Å². The number of hydrogen-bond acceptors (Lipinski definition) is 0. The fourth-order valence-electron chi connectivity index (χ4n) is 2.71. The van der Waals surface area contributed by atoms with Gasteiger partial charge in [0.15, 0.2) is 0 Å². The summed E-state index contributed by atoms with van der Waals surface area (Å²) in [6, 6.07) is 15.4. The van der Waals surface area contributed by atoms with E-state index in [1.165, 1.54) is 61.3 Å². The molecule has 0 amide bonds. The van der Waals surface area contributed by atoms with E-state index in [-0.39, 0.29) is 0 Å². The van der Waals surface area contributed by atoms with Gasteiger partial charge in [0.25, 0.3) is 0 Å². The lowest BCUT2D eigenvalue weighted by Gasteiger charge is -2.06. The second-order valence-corrected chi connectivity index (χ2v) is 5.36. The van der Waals surface area contributed by atoms with Crippen LogP contribution in [-0.2, 0) is 6.42 Å². The van der Waals surface area contributed by atoms with E-state index in [1.807, 2.05) is 0 Å². The normalized spacial score (nSPS) is 11.0. The predicted molar refractivity (Wildman–Crippen MR) is 85.3 cm³/mol. The van der Waals surface area contributed by atoms with Crippen LogP contribution in [0.1, 0.15) is 50.5 Å². The standard InChI is InChI=1S/C19H25/c1-2-3-4-5-6-7-8-12-17-14-11-15-18-13-9-10-16-19(17)18/h9-11,13-16H,1-8,12H2. The molecular weight excluding hydrogens is 228 g/mol. The Morgan fingerprint density at radius 2 is 1.37 bits per heavy atom. The quantitative estimate of drug-likeness (QED) is 0.510. The monoisotopic (exact) mass is 253 g/mol. The van der Waals surface area contributed by atoms with Crippen LogP contribution in [-0.4, -0.2) is 0 Å². The van der Waals surface area contributed by atoms with Crippen LogP contribution in [0.2, 0.25) is 0 Å². The Morgan fingerprint density at radius 3 is 2.21 bits per heavy atom. The predicted octanol–water partition coefficient (Wildman–Crippen LogP) is 5.95. The molecule has 0 aliphatic rings. The van der Waals surface area contributed by atoms with E-state index in [0.29, 0.717) is 0 Å². The number of aryl methyl sites for hydroxylation is 1. The lowest BCUT2D eigenvalue weighted by atomic mass is 9.99. The first-order valence-corrected chi connectivity index (χ1v) is 7.67. The van der Waals surface area contributed by atoms with Gasteiger partial charge in [-0.1, -0.05) is 87.9 Å². The molecule has 0 unspecified atom stereocenters. The van der Waals surface area contributed by atoms with Gasteiger partial charge in [-0.25, -0.2) is 0 Å². The van der Waals surface area contributed by atoms with Crippen molar-refractivity contribution in [2.24, 2.45) is 0 Å². The van der Waals surface area contributed by atoms with Gasteiger partial charge in [0.1, 0.15) is 0 Å². The van der Waals surface area contributed by atoms with Gasteiger partial charge >= 0.3 is 0 Å². The van der Waals surface area contributed by atoms with Crippen molar-refractivity contribution in [3.63, 3.8) is 0 Å². The SMILES string of the molecule is [CH2]CCCCCCCCc1cccc2ccccc12. The fourth-order valence-corrected chi connectivity index (χ4v) is 2.71. The zero-order valence-corrected chi connectivity index (χ0v) is 11.9. The van der Waals surface area contributed by atoms with Crippen molar-refractivity contribution in [1.29, 1.82) is 0 Å². The lowest BCUT2D eigenvalue weighted by Crippen LogP contribution is -1.88. The highest BCUT2D eigenvalue weighted by molar-refractivity contribution is 5.85. The zero-order valence-electron chi connectivity index (χ0n) is 11.9. The van der Waals surface area contributed by atoms with Crippen LogP contribution < -0.4 is 0 Å².